The monoisotopic (exact) mass is 175 g/mol. The molecule has 1 fully saturated rings. The van der Waals surface area contributed by atoms with Crippen LogP contribution in [-0.4, -0.2) is 7.05 Å². The second kappa shape index (κ2) is 3.06. The minimum absolute atomic E-state index is 0.560. The third-order valence-corrected chi connectivity index (χ3v) is 3.19. The number of nitrogens with one attached hydrogen (secondary N) is 1. The van der Waals surface area contributed by atoms with Crippen LogP contribution in [0.4, 0.5) is 0 Å². The van der Waals surface area contributed by atoms with Crippen LogP contribution in [0.1, 0.15) is 19.8 Å². The zero-order valence-electron chi connectivity index (χ0n) is 8.38. The van der Waals surface area contributed by atoms with Crippen molar-refractivity contribution in [3.05, 3.63) is 36.1 Å². The van der Waals surface area contributed by atoms with Gasteiger partial charge in [0, 0.05) is 7.05 Å². The molecule has 70 valence electrons. The SMILES string of the molecule is CN/C=C\C=C1\C=CC2(C)CC2C1. The predicted molar refractivity (Wildman–Crippen MR) is 56.3 cm³/mol. The van der Waals surface area contributed by atoms with Crippen molar-refractivity contribution in [3.8, 4) is 0 Å². The molecule has 13 heavy (non-hydrogen) atoms. The van der Waals surface area contributed by atoms with Crippen molar-refractivity contribution in [1.29, 1.82) is 0 Å². The first-order valence-corrected chi connectivity index (χ1v) is 4.97. The molecule has 0 aromatic rings. The Bertz CT molecular complexity index is 285. The topological polar surface area (TPSA) is 12.0 Å². The fraction of sp³-hybridized carbons (Fsp3) is 0.500. The fourth-order valence-electron chi connectivity index (χ4n) is 2.02. The van der Waals surface area contributed by atoms with E-state index in [4.69, 9.17) is 0 Å². The van der Waals surface area contributed by atoms with Crippen LogP contribution in [0.3, 0.4) is 0 Å². The number of allylic oxidation sites excluding steroid dienone is 5. The first-order valence-electron chi connectivity index (χ1n) is 4.97. The summed E-state index contributed by atoms with van der Waals surface area (Å²) in [4.78, 5) is 0. The molecule has 0 aromatic carbocycles. The van der Waals surface area contributed by atoms with E-state index in [1.54, 1.807) is 0 Å². The Kier molecular flexibility index (Phi) is 2.03. The van der Waals surface area contributed by atoms with Gasteiger partial charge in [-0.25, -0.2) is 0 Å². The molecule has 0 aromatic heterocycles. The molecule has 1 N–H and O–H groups in total. The van der Waals surface area contributed by atoms with Crippen LogP contribution in [0.25, 0.3) is 0 Å². The molecule has 0 radical (unpaired) electrons. The summed E-state index contributed by atoms with van der Waals surface area (Å²) >= 11 is 0. The van der Waals surface area contributed by atoms with E-state index in [1.807, 2.05) is 13.2 Å². The smallest absolute Gasteiger partial charge is 0.00277 e. The third-order valence-electron chi connectivity index (χ3n) is 3.19. The van der Waals surface area contributed by atoms with Crippen LogP contribution in [0.5, 0.6) is 0 Å². The molecule has 1 saturated carbocycles. The molecular formula is C12H17N. The van der Waals surface area contributed by atoms with Crippen molar-refractivity contribution >= 4 is 0 Å². The number of hydrogen-bond acceptors (Lipinski definition) is 1. The second-order valence-electron chi connectivity index (χ2n) is 4.33. The second-order valence-corrected chi connectivity index (χ2v) is 4.33. The summed E-state index contributed by atoms with van der Waals surface area (Å²) < 4.78 is 0. The maximum Gasteiger partial charge on any atom is 0.00277 e. The minimum atomic E-state index is 0.560. The molecule has 0 heterocycles. The normalized spacial score (nSPS) is 39.5. The maximum absolute atomic E-state index is 2.99. The molecule has 0 spiro atoms. The molecule has 0 aliphatic heterocycles. The van der Waals surface area contributed by atoms with Gasteiger partial charge < -0.3 is 5.32 Å². The van der Waals surface area contributed by atoms with Gasteiger partial charge in [-0.05, 0) is 42.0 Å². The average molecular weight is 175 g/mol. The summed E-state index contributed by atoms with van der Waals surface area (Å²) in [6.45, 7) is 2.36. The van der Waals surface area contributed by atoms with Gasteiger partial charge in [0.15, 0.2) is 0 Å². The molecule has 0 amide bonds. The number of fused-ring (bicyclic) bond motifs is 1. The lowest BCUT2D eigenvalue weighted by molar-refractivity contribution is 0.608. The summed E-state index contributed by atoms with van der Waals surface area (Å²) in [5.74, 6) is 0.923. The van der Waals surface area contributed by atoms with Gasteiger partial charge in [0.25, 0.3) is 0 Å². The minimum Gasteiger partial charge on any atom is -0.394 e. The van der Waals surface area contributed by atoms with Crippen LogP contribution in [0, 0.1) is 11.3 Å². The quantitative estimate of drug-likeness (QED) is 0.680. The van der Waals surface area contributed by atoms with Crippen LogP contribution in [0.15, 0.2) is 36.1 Å². The van der Waals surface area contributed by atoms with E-state index in [0.29, 0.717) is 5.41 Å². The zero-order chi connectivity index (χ0) is 9.31. The molecule has 2 unspecified atom stereocenters. The fourth-order valence-corrected chi connectivity index (χ4v) is 2.02. The van der Waals surface area contributed by atoms with Crippen LogP contribution >= 0.6 is 0 Å². The third kappa shape index (κ3) is 1.69. The van der Waals surface area contributed by atoms with Crippen molar-refractivity contribution in [2.24, 2.45) is 11.3 Å². The standard InChI is InChI=1S/C12H17N/c1-12-6-5-10(4-3-7-13-2)8-11(12)9-12/h3-7,11,13H,8-9H2,1-2H3/b7-3-,10-4-. The molecule has 0 bridgehead atoms. The van der Waals surface area contributed by atoms with Gasteiger partial charge in [-0.1, -0.05) is 25.2 Å². The molecule has 0 saturated heterocycles. The van der Waals surface area contributed by atoms with Gasteiger partial charge in [-0.15, -0.1) is 0 Å². The van der Waals surface area contributed by atoms with Gasteiger partial charge in [0.1, 0.15) is 0 Å². The summed E-state index contributed by atoms with van der Waals surface area (Å²) in [7, 11) is 1.92. The van der Waals surface area contributed by atoms with Gasteiger partial charge in [0.05, 0.1) is 0 Å². The number of rotatable bonds is 2. The lowest BCUT2D eigenvalue weighted by atomic mass is 9.94. The van der Waals surface area contributed by atoms with Crippen LogP contribution < -0.4 is 5.32 Å². The van der Waals surface area contributed by atoms with Crippen LogP contribution in [-0.2, 0) is 0 Å². The number of hydrogen-bond donors (Lipinski definition) is 1. The lowest BCUT2D eigenvalue weighted by Gasteiger charge is -2.11. The first kappa shape index (κ1) is 8.61. The summed E-state index contributed by atoms with van der Waals surface area (Å²) in [6.07, 6.45) is 13.5. The molecule has 2 atom stereocenters. The Balaban J connectivity index is 2.01. The lowest BCUT2D eigenvalue weighted by Crippen LogP contribution is -1.99. The molecular weight excluding hydrogens is 158 g/mol. The van der Waals surface area contributed by atoms with Gasteiger partial charge in [-0.3, -0.25) is 0 Å². The Morgan fingerprint density at radius 1 is 1.62 bits per heavy atom. The van der Waals surface area contributed by atoms with E-state index < -0.39 is 0 Å². The summed E-state index contributed by atoms with van der Waals surface area (Å²) in [6, 6.07) is 0. The van der Waals surface area contributed by atoms with Crippen molar-refractivity contribution < 1.29 is 0 Å². The maximum atomic E-state index is 2.99. The molecule has 2 rings (SSSR count). The van der Waals surface area contributed by atoms with E-state index in [9.17, 15) is 0 Å². The highest BCUT2D eigenvalue weighted by atomic mass is 14.8. The zero-order valence-corrected chi connectivity index (χ0v) is 8.38. The summed E-state index contributed by atoms with van der Waals surface area (Å²) in [5, 5.41) is 2.99. The van der Waals surface area contributed by atoms with Gasteiger partial charge >= 0.3 is 0 Å². The highest BCUT2D eigenvalue weighted by molar-refractivity contribution is 5.34. The highest BCUT2D eigenvalue weighted by Crippen LogP contribution is 2.58. The average Bonchev–Trinajstić information content (AvgIpc) is 2.77. The van der Waals surface area contributed by atoms with Crippen molar-refractivity contribution in [2.75, 3.05) is 7.05 Å². The van der Waals surface area contributed by atoms with E-state index in [-0.39, 0.29) is 0 Å². The van der Waals surface area contributed by atoms with Crippen molar-refractivity contribution in [2.45, 2.75) is 19.8 Å². The van der Waals surface area contributed by atoms with Crippen LogP contribution in [0.2, 0.25) is 0 Å². The molecule has 1 heteroatoms. The summed E-state index contributed by atoms with van der Waals surface area (Å²) in [5.41, 5.74) is 2.02. The van der Waals surface area contributed by atoms with Crippen molar-refractivity contribution in [1.82, 2.24) is 5.32 Å². The van der Waals surface area contributed by atoms with E-state index in [0.717, 1.165) is 5.92 Å². The van der Waals surface area contributed by atoms with Gasteiger partial charge in [0.2, 0.25) is 0 Å². The largest absolute Gasteiger partial charge is 0.394 e. The van der Waals surface area contributed by atoms with Crippen molar-refractivity contribution in [3.63, 3.8) is 0 Å². The molecule has 2 aliphatic carbocycles. The highest BCUT2D eigenvalue weighted by Gasteiger charge is 2.49. The van der Waals surface area contributed by atoms with E-state index in [2.05, 4.69) is 36.5 Å². The Hall–Kier alpha value is -0.980. The van der Waals surface area contributed by atoms with E-state index in [1.165, 1.54) is 18.4 Å². The Labute approximate surface area is 80.2 Å². The predicted octanol–water partition coefficient (Wildman–Crippen LogP) is 2.63. The van der Waals surface area contributed by atoms with E-state index >= 15 is 0 Å². The molecule has 1 nitrogen and oxygen atoms in total. The Morgan fingerprint density at radius 2 is 2.46 bits per heavy atom. The molecule has 2 aliphatic rings. The first-order chi connectivity index (χ1) is 6.24. The van der Waals surface area contributed by atoms with Gasteiger partial charge in [-0.2, -0.15) is 0 Å². The Morgan fingerprint density at radius 3 is 3.15 bits per heavy atom.